The Morgan fingerprint density at radius 1 is 1.61 bits per heavy atom. The van der Waals surface area contributed by atoms with Crippen LogP contribution in [0.25, 0.3) is 0 Å². The molecule has 3 N–H and O–H groups in total. The molecule has 1 aromatic rings. The summed E-state index contributed by atoms with van der Waals surface area (Å²) in [4.78, 5) is 14.3. The molecular formula is C12H20N4O2. The van der Waals surface area contributed by atoms with Gasteiger partial charge < -0.3 is 11.1 Å². The molecule has 1 unspecified atom stereocenters. The van der Waals surface area contributed by atoms with Crippen molar-refractivity contribution in [1.82, 2.24) is 4.98 Å². The Hall–Kier alpha value is -1.69. The molecule has 0 fully saturated rings. The third kappa shape index (κ3) is 3.96. The van der Waals surface area contributed by atoms with Gasteiger partial charge in [0.1, 0.15) is 5.82 Å². The van der Waals surface area contributed by atoms with E-state index in [2.05, 4.69) is 24.1 Å². The van der Waals surface area contributed by atoms with Crippen LogP contribution in [0.2, 0.25) is 0 Å². The summed E-state index contributed by atoms with van der Waals surface area (Å²) in [5, 5.41) is 13.9. The van der Waals surface area contributed by atoms with E-state index in [-0.39, 0.29) is 11.2 Å². The minimum Gasteiger partial charge on any atom is -0.363 e. The smallest absolute Gasteiger partial charge is 0.274 e. The highest BCUT2D eigenvalue weighted by atomic mass is 16.6. The number of rotatable bonds is 6. The van der Waals surface area contributed by atoms with Gasteiger partial charge in [0, 0.05) is 24.3 Å². The maximum Gasteiger partial charge on any atom is 0.274 e. The quantitative estimate of drug-likeness (QED) is 0.597. The number of aromatic nitrogens is 1. The van der Waals surface area contributed by atoms with Crippen molar-refractivity contribution in [1.29, 1.82) is 0 Å². The van der Waals surface area contributed by atoms with Crippen molar-refractivity contribution in [3.63, 3.8) is 0 Å². The highest BCUT2D eigenvalue weighted by Crippen LogP contribution is 2.22. The minimum absolute atomic E-state index is 0.0245. The molecule has 1 aromatic heterocycles. The predicted molar refractivity (Wildman–Crippen MR) is 71.4 cm³/mol. The fraction of sp³-hybridized carbons (Fsp3) is 0.583. The molecule has 1 atom stereocenters. The predicted octanol–water partition coefficient (Wildman–Crippen LogP) is 2.17. The zero-order valence-electron chi connectivity index (χ0n) is 11.0. The first-order valence-corrected chi connectivity index (χ1v) is 5.95. The van der Waals surface area contributed by atoms with Gasteiger partial charge in [-0.15, -0.1) is 0 Å². The summed E-state index contributed by atoms with van der Waals surface area (Å²) >= 11 is 0. The van der Waals surface area contributed by atoms with Gasteiger partial charge in [0.15, 0.2) is 0 Å². The van der Waals surface area contributed by atoms with Crippen LogP contribution in [0, 0.1) is 16.0 Å². The van der Waals surface area contributed by atoms with E-state index in [1.165, 1.54) is 18.3 Å². The second-order valence-corrected chi connectivity index (χ2v) is 5.14. The van der Waals surface area contributed by atoms with Crippen molar-refractivity contribution < 1.29 is 4.92 Å². The Bertz CT molecular complexity index is 422. The van der Waals surface area contributed by atoms with Crippen molar-refractivity contribution in [2.24, 2.45) is 11.7 Å². The van der Waals surface area contributed by atoms with Crippen molar-refractivity contribution in [2.45, 2.75) is 32.7 Å². The van der Waals surface area contributed by atoms with Crippen molar-refractivity contribution >= 4 is 11.5 Å². The van der Waals surface area contributed by atoms with Crippen LogP contribution in [0.15, 0.2) is 18.3 Å². The lowest BCUT2D eigenvalue weighted by Gasteiger charge is -2.31. The number of hydrogen-bond donors (Lipinski definition) is 2. The summed E-state index contributed by atoms with van der Waals surface area (Å²) in [6.07, 6.45) is 2.29. The van der Waals surface area contributed by atoms with Gasteiger partial charge >= 0.3 is 0 Å². The molecule has 0 bridgehead atoms. The summed E-state index contributed by atoms with van der Waals surface area (Å²) in [6.45, 7) is 6.65. The molecule has 0 aliphatic rings. The Labute approximate surface area is 107 Å². The number of anilines is 1. The first-order valence-electron chi connectivity index (χ1n) is 5.95. The van der Waals surface area contributed by atoms with Crippen LogP contribution in [0.5, 0.6) is 0 Å². The molecule has 0 aliphatic carbocycles. The van der Waals surface area contributed by atoms with Gasteiger partial charge in [-0.1, -0.05) is 13.8 Å². The number of nitrogens with two attached hydrogens (primary N) is 1. The Kier molecular flexibility index (Phi) is 4.61. The Morgan fingerprint density at radius 2 is 2.28 bits per heavy atom. The van der Waals surface area contributed by atoms with Crippen LogP contribution in [-0.4, -0.2) is 22.0 Å². The molecule has 1 rings (SSSR count). The number of nitrogens with zero attached hydrogens (tertiary/aromatic N) is 2. The molecule has 18 heavy (non-hydrogen) atoms. The largest absolute Gasteiger partial charge is 0.363 e. The summed E-state index contributed by atoms with van der Waals surface area (Å²) < 4.78 is 0. The van der Waals surface area contributed by atoms with Crippen molar-refractivity contribution in [3.8, 4) is 0 Å². The van der Waals surface area contributed by atoms with Crippen LogP contribution in [0.4, 0.5) is 11.5 Å². The summed E-state index contributed by atoms with van der Waals surface area (Å²) in [5.41, 5.74) is 5.49. The molecule has 0 radical (unpaired) electrons. The lowest BCUT2D eigenvalue weighted by Crippen LogP contribution is -2.43. The van der Waals surface area contributed by atoms with E-state index in [0.29, 0.717) is 18.3 Å². The molecule has 1 heterocycles. The van der Waals surface area contributed by atoms with E-state index >= 15 is 0 Å². The monoisotopic (exact) mass is 252 g/mol. The topological polar surface area (TPSA) is 94.1 Å². The zero-order valence-corrected chi connectivity index (χ0v) is 11.0. The highest BCUT2D eigenvalue weighted by Gasteiger charge is 2.24. The molecule has 6 nitrogen and oxygen atoms in total. The van der Waals surface area contributed by atoms with Crippen LogP contribution in [0.1, 0.15) is 27.2 Å². The molecule has 0 saturated heterocycles. The number of hydrogen-bond acceptors (Lipinski definition) is 5. The van der Waals surface area contributed by atoms with E-state index in [0.717, 1.165) is 6.42 Å². The highest BCUT2D eigenvalue weighted by molar-refractivity contribution is 5.46. The van der Waals surface area contributed by atoms with Gasteiger partial charge in [0.25, 0.3) is 5.69 Å². The third-order valence-corrected chi connectivity index (χ3v) is 2.69. The molecule has 100 valence electrons. The molecule has 0 saturated carbocycles. The molecule has 0 aliphatic heterocycles. The second kappa shape index (κ2) is 5.77. The Balaban J connectivity index is 2.87. The minimum atomic E-state index is -0.435. The second-order valence-electron chi connectivity index (χ2n) is 5.14. The first kappa shape index (κ1) is 14.4. The Morgan fingerprint density at radius 3 is 2.78 bits per heavy atom. The van der Waals surface area contributed by atoms with Gasteiger partial charge in [-0.25, -0.2) is 4.98 Å². The molecule has 0 spiro atoms. The number of nitrogens with one attached hydrogen (secondary N) is 1. The van der Waals surface area contributed by atoms with E-state index < -0.39 is 4.92 Å². The molecule has 0 amide bonds. The van der Waals surface area contributed by atoms with Crippen LogP contribution >= 0.6 is 0 Å². The average Bonchev–Trinajstić information content (AvgIpc) is 2.28. The van der Waals surface area contributed by atoms with E-state index in [1.807, 2.05) is 6.92 Å². The van der Waals surface area contributed by atoms with Crippen molar-refractivity contribution in [2.75, 3.05) is 11.9 Å². The zero-order chi connectivity index (χ0) is 13.8. The normalized spacial score (nSPS) is 14.3. The third-order valence-electron chi connectivity index (χ3n) is 2.69. The van der Waals surface area contributed by atoms with Gasteiger partial charge in [0.2, 0.25) is 0 Å². The van der Waals surface area contributed by atoms with Crippen LogP contribution in [0.3, 0.4) is 0 Å². The average molecular weight is 252 g/mol. The summed E-state index contributed by atoms with van der Waals surface area (Å²) in [6, 6.07) is 2.79. The molecule has 0 aromatic carbocycles. The van der Waals surface area contributed by atoms with Crippen LogP contribution in [-0.2, 0) is 0 Å². The lowest BCUT2D eigenvalue weighted by atomic mass is 9.91. The van der Waals surface area contributed by atoms with E-state index in [9.17, 15) is 10.1 Å². The fourth-order valence-corrected chi connectivity index (χ4v) is 2.00. The first-order chi connectivity index (χ1) is 8.36. The van der Waals surface area contributed by atoms with Gasteiger partial charge in [0.05, 0.1) is 11.0 Å². The maximum atomic E-state index is 10.7. The molecule has 6 heteroatoms. The van der Waals surface area contributed by atoms with Gasteiger partial charge in [-0.05, 0) is 19.3 Å². The number of nitro groups is 1. The van der Waals surface area contributed by atoms with Gasteiger partial charge in [-0.2, -0.15) is 0 Å². The standard InChI is InChI=1S/C12H20N4O2/c1-9(2)7-12(3,8-13)15-11-6-10(16(17)18)4-5-14-11/h4-6,9H,7-8,13H2,1-3H3,(H,14,15). The SMILES string of the molecule is CC(C)CC(C)(CN)Nc1cc([N+](=O)[O-])ccn1. The van der Waals surface area contributed by atoms with Crippen LogP contribution < -0.4 is 11.1 Å². The maximum absolute atomic E-state index is 10.7. The van der Waals surface area contributed by atoms with E-state index in [1.54, 1.807) is 0 Å². The van der Waals surface area contributed by atoms with Gasteiger partial charge in [-0.3, -0.25) is 10.1 Å². The van der Waals surface area contributed by atoms with E-state index in [4.69, 9.17) is 5.73 Å². The summed E-state index contributed by atoms with van der Waals surface area (Å²) in [7, 11) is 0. The number of pyridine rings is 1. The van der Waals surface area contributed by atoms with Crippen molar-refractivity contribution in [3.05, 3.63) is 28.4 Å². The summed E-state index contributed by atoms with van der Waals surface area (Å²) in [5.74, 6) is 0.961. The lowest BCUT2D eigenvalue weighted by molar-refractivity contribution is -0.384. The fourth-order valence-electron chi connectivity index (χ4n) is 2.00. The molecular weight excluding hydrogens is 232 g/mol.